The number of nitrogens with zero attached hydrogens (tertiary/aromatic N) is 4. The zero-order chi connectivity index (χ0) is 20.3. The van der Waals surface area contributed by atoms with Crippen molar-refractivity contribution >= 4 is 22.7 Å². The zero-order valence-corrected chi connectivity index (χ0v) is 16.7. The lowest BCUT2D eigenvalue weighted by atomic mass is 10.1. The van der Waals surface area contributed by atoms with Crippen LogP contribution < -0.4 is 10.9 Å². The van der Waals surface area contributed by atoms with Gasteiger partial charge >= 0.3 is 0 Å². The Labute approximate surface area is 174 Å². The van der Waals surface area contributed by atoms with Crippen LogP contribution in [0.15, 0.2) is 65.6 Å². The Hall–Kier alpha value is -3.45. The van der Waals surface area contributed by atoms with E-state index >= 15 is 0 Å². The quantitative estimate of drug-likeness (QED) is 0.518. The minimum atomic E-state index is -0.216. The first-order valence-electron chi connectivity index (χ1n) is 10.4. The lowest BCUT2D eigenvalue weighted by Crippen LogP contribution is -2.21. The number of aromatic amines is 1. The van der Waals surface area contributed by atoms with Gasteiger partial charge in [0.05, 0.1) is 11.9 Å². The molecule has 1 aliphatic rings. The van der Waals surface area contributed by atoms with E-state index in [9.17, 15) is 4.79 Å². The van der Waals surface area contributed by atoms with Gasteiger partial charge in [0.25, 0.3) is 5.56 Å². The van der Waals surface area contributed by atoms with Crippen molar-refractivity contribution in [3.63, 3.8) is 0 Å². The Morgan fingerprint density at radius 1 is 1.00 bits per heavy atom. The molecule has 2 N–H and O–H groups in total. The Morgan fingerprint density at radius 3 is 2.53 bits per heavy atom. The van der Waals surface area contributed by atoms with Crippen molar-refractivity contribution in [2.75, 3.05) is 25.0 Å². The maximum Gasteiger partial charge on any atom is 0.263 e. The summed E-state index contributed by atoms with van der Waals surface area (Å²) in [6.45, 7) is 3.56. The Kier molecular flexibility index (Phi) is 5.03. The minimum absolute atomic E-state index is 0.216. The normalized spacial score (nSPS) is 14.4. The molecule has 1 saturated heterocycles. The SMILES string of the molecule is O=c1[nH]c(Nc2ccc(CCN3CCCC3)cc2)nc2c1cnn2-c1ccccc1. The number of rotatable bonds is 6. The second kappa shape index (κ2) is 8.12. The van der Waals surface area contributed by atoms with Gasteiger partial charge in [-0.3, -0.25) is 9.78 Å². The van der Waals surface area contributed by atoms with Gasteiger partial charge in [0.1, 0.15) is 5.39 Å². The molecule has 0 atom stereocenters. The Bertz CT molecular complexity index is 1190. The van der Waals surface area contributed by atoms with Gasteiger partial charge in [-0.05, 0) is 62.2 Å². The van der Waals surface area contributed by atoms with Gasteiger partial charge in [-0.25, -0.2) is 4.68 Å². The summed E-state index contributed by atoms with van der Waals surface area (Å²) >= 11 is 0. The number of nitrogens with one attached hydrogen (secondary N) is 2. The largest absolute Gasteiger partial charge is 0.326 e. The van der Waals surface area contributed by atoms with Crippen LogP contribution in [0.5, 0.6) is 0 Å². The van der Waals surface area contributed by atoms with Crippen molar-refractivity contribution < 1.29 is 0 Å². The number of benzene rings is 2. The highest BCUT2D eigenvalue weighted by Crippen LogP contribution is 2.18. The number of likely N-dealkylation sites (tertiary alicyclic amines) is 1. The fraction of sp³-hybridized carbons (Fsp3) is 0.261. The van der Waals surface area contributed by atoms with Gasteiger partial charge in [0, 0.05) is 12.2 Å². The van der Waals surface area contributed by atoms with Crippen LogP contribution in [0.1, 0.15) is 18.4 Å². The summed E-state index contributed by atoms with van der Waals surface area (Å²) in [6, 6.07) is 18.0. The molecule has 0 bridgehead atoms. The summed E-state index contributed by atoms with van der Waals surface area (Å²) in [5.41, 5.74) is 3.36. The van der Waals surface area contributed by atoms with Crippen molar-refractivity contribution in [1.29, 1.82) is 0 Å². The lowest BCUT2D eigenvalue weighted by molar-refractivity contribution is 0.343. The van der Waals surface area contributed by atoms with E-state index in [0.29, 0.717) is 17.0 Å². The van der Waals surface area contributed by atoms with Crippen LogP contribution in [0.2, 0.25) is 0 Å². The van der Waals surface area contributed by atoms with E-state index in [2.05, 4.69) is 37.4 Å². The number of aromatic nitrogens is 4. The number of fused-ring (bicyclic) bond motifs is 1. The van der Waals surface area contributed by atoms with Gasteiger partial charge in [0.2, 0.25) is 5.95 Å². The van der Waals surface area contributed by atoms with Gasteiger partial charge in [0.15, 0.2) is 5.65 Å². The van der Waals surface area contributed by atoms with E-state index < -0.39 is 0 Å². The molecule has 0 unspecified atom stereocenters. The van der Waals surface area contributed by atoms with Crippen LogP contribution in [-0.2, 0) is 6.42 Å². The van der Waals surface area contributed by atoms with Gasteiger partial charge in [-0.1, -0.05) is 30.3 Å². The van der Waals surface area contributed by atoms with Gasteiger partial charge in [-0.15, -0.1) is 0 Å². The van der Waals surface area contributed by atoms with Crippen LogP contribution in [-0.4, -0.2) is 44.3 Å². The summed E-state index contributed by atoms with van der Waals surface area (Å²) in [5.74, 6) is 0.398. The molecule has 0 radical (unpaired) electrons. The maximum absolute atomic E-state index is 12.5. The third-order valence-corrected chi connectivity index (χ3v) is 5.57. The highest BCUT2D eigenvalue weighted by atomic mass is 16.1. The summed E-state index contributed by atoms with van der Waals surface area (Å²) < 4.78 is 1.68. The third kappa shape index (κ3) is 3.84. The zero-order valence-electron chi connectivity index (χ0n) is 16.7. The fourth-order valence-electron chi connectivity index (χ4n) is 3.92. The maximum atomic E-state index is 12.5. The Balaban J connectivity index is 1.35. The van der Waals surface area contributed by atoms with E-state index in [1.165, 1.54) is 31.5 Å². The molecule has 5 rings (SSSR count). The molecule has 1 fully saturated rings. The molecule has 0 amide bonds. The molecule has 7 heteroatoms. The van der Waals surface area contributed by atoms with Crippen LogP contribution in [0.25, 0.3) is 16.7 Å². The van der Waals surface area contributed by atoms with Crippen molar-refractivity contribution in [2.24, 2.45) is 0 Å². The molecule has 0 saturated carbocycles. The highest BCUT2D eigenvalue weighted by molar-refractivity contribution is 5.76. The molecule has 152 valence electrons. The third-order valence-electron chi connectivity index (χ3n) is 5.57. The molecule has 2 aromatic heterocycles. The van der Waals surface area contributed by atoms with Gasteiger partial charge in [-0.2, -0.15) is 10.1 Å². The predicted octanol–water partition coefficient (Wildman–Crippen LogP) is 3.49. The number of hydrogen-bond acceptors (Lipinski definition) is 5. The van der Waals surface area contributed by atoms with Crippen LogP contribution in [0.4, 0.5) is 11.6 Å². The summed E-state index contributed by atoms with van der Waals surface area (Å²) in [6.07, 6.45) is 5.24. The van der Waals surface area contributed by atoms with Crippen LogP contribution >= 0.6 is 0 Å². The van der Waals surface area contributed by atoms with Crippen molar-refractivity contribution in [1.82, 2.24) is 24.6 Å². The number of para-hydroxylation sites is 1. The predicted molar refractivity (Wildman–Crippen MR) is 119 cm³/mol. The average molecular weight is 400 g/mol. The number of H-pyrrole nitrogens is 1. The van der Waals surface area contributed by atoms with Gasteiger partial charge < -0.3 is 10.2 Å². The fourth-order valence-corrected chi connectivity index (χ4v) is 3.92. The van der Waals surface area contributed by atoms with Crippen LogP contribution in [0, 0.1) is 0 Å². The van der Waals surface area contributed by atoms with E-state index in [1.807, 2.05) is 42.5 Å². The molecular weight excluding hydrogens is 376 g/mol. The molecule has 0 spiro atoms. The van der Waals surface area contributed by atoms with E-state index in [1.54, 1.807) is 10.9 Å². The topological polar surface area (TPSA) is 78.8 Å². The summed E-state index contributed by atoms with van der Waals surface area (Å²) in [7, 11) is 0. The first kappa shape index (κ1) is 18.6. The average Bonchev–Trinajstić information content (AvgIpc) is 3.44. The van der Waals surface area contributed by atoms with Crippen molar-refractivity contribution in [3.05, 3.63) is 76.7 Å². The number of hydrogen-bond donors (Lipinski definition) is 2. The summed E-state index contributed by atoms with van der Waals surface area (Å²) in [5, 5.41) is 8.01. The second-order valence-electron chi connectivity index (χ2n) is 7.66. The molecule has 30 heavy (non-hydrogen) atoms. The molecule has 3 heterocycles. The van der Waals surface area contributed by atoms with Crippen LogP contribution in [0.3, 0.4) is 0 Å². The first-order chi connectivity index (χ1) is 14.8. The summed E-state index contributed by atoms with van der Waals surface area (Å²) in [4.78, 5) is 22.4. The molecule has 4 aromatic rings. The van der Waals surface area contributed by atoms with Crippen molar-refractivity contribution in [3.8, 4) is 5.69 Å². The number of anilines is 2. The molecule has 0 aliphatic carbocycles. The standard InChI is InChI=1S/C23H24N6O/c30-22-20-16-24-29(19-6-2-1-3-7-19)21(20)26-23(27-22)25-18-10-8-17(9-11-18)12-15-28-13-4-5-14-28/h1-3,6-11,16H,4-5,12-15H2,(H2,25,26,27,30). The first-order valence-corrected chi connectivity index (χ1v) is 10.4. The monoisotopic (exact) mass is 400 g/mol. The second-order valence-corrected chi connectivity index (χ2v) is 7.66. The Morgan fingerprint density at radius 2 is 1.77 bits per heavy atom. The van der Waals surface area contributed by atoms with Crippen molar-refractivity contribution in [2.45, 2.75) is 19.3 Å². The lowest BCUT2D eigenvalue weighted by Gasteiger charge is -2.14. The molecular formula is C23H24N6O. The van der Waals surface area contributed by atoms with E-state index in [4.69, 9.17) is 0 Å². The minimum Gasteiger partial charge on any atom is -0.326 e. The van der Waals surface area contributed by atoms with E-state index in [0.717, 1.165) is 24.3 Å². The van der Waals surface area contributed by atoms with E-state index in [-0.39, 0.29) is 5.56 Å². The smallest absolute Gasteiger partial charge is 0.263 e. The molecule has 7 nitrogen and oxygen atoms in total. The highest BCUT2D eigenvalue weighted by Gasteiger charge is 2.12. The molecule has 1 aliphatic heterocycles. The molecule has 2 aromatic carbocycles.